The molecule has 1 fully saturated rings. The third-order valence-corrected chi connectivity index (χ3v) is 5.30. The van der Waals surface area contributed by atoms with Crippen molar-refractivity contribution in [2.75, 3.05) is 33.7 Å². The van der Waals surface area contributed by atoms with Crippen LogP contribution in [0, 0.1) is 6.92 Å². The first-order chi connectivity index (χ1) is 9.38. The van der Waals surface area contributed by atoms with Crippen molar-refractivity contribution >= 4 is 15.9 Å². The molecular formula is C14H26BrN5. The number of hydrogen-bond acceptors (Lipinski definition) is 4. The monoisotopic (exact) mass is 343 g/mol. The lowest BCUT2D eigenvalue weighted by molar-refractivity contribution is 0.104. The number of piperazine rings is 1. The second-order valence-electron chi connectivity index (χ2n) is 6.07. The Kier molecular flexibility index (Phi) is 5.23. The van der Waals surface area contributed by atoms with Crippen molar-refractivity contribution in [2.24, 2.45) is 12.8 Å². The largest absolute Gasteiger partial charge is 0.327 e. The summed E-state index contributed by atoms with van der Waals surface area (Å²) < 4.78 is 3.04. The molecule has 2 atom stereocenters. The van der Waals surface area contributed by atoms with Gasteiger partial charge in [0.2, 0.25) is 0 Å². The van der Waals surface area contributed by atoms with E-state index in [0.717, 1.165) is 42.6 Å². The van der Waals surface area contributed by atoms with Crippen LogP contribution in [0.3, 0.4) is 0 Å². The molecule has 6 heteroatoms. The van der Waals surface area contributed by atoms with Gasteiger partial charge in [-0.15, -0.1) is 0 Å². The molecular weight excluding hydrogens is 318 g/mol. The average molecular weight is 344 g/mol. The van der Waals surface area contributed by atoms with Crippen LogP contribution in [0.4, 0.5) is 0 Å². The van der Waals surface area contributed by atoms with Gasteiger partial charge in [-0.05, 0) is 43.4 Å². The molecule has 2 heterocycles. The fourth-order valence-electron chi connectivity index (χ4n) is 2.94. The van der Waals surface area contributed by atoms with Gasteiger partial charge in [0.1, 0.15) is 0 Å². The predicted molar refractivity (Wildman–Crippen MR) is 85.9 cm³/mol. The Morgan fingerprint density at radius 2 is 2.05 bits per heavy atom. The van der Waals surface area contributed by atoms with E-state index in [1.54, 1.807) is 0 Å². The van der Waals surface area contributed by atoms with Crippen LogP contribution in [0.15, 0.2) is 4.47 Å². The summed E-state index contributed by atoms with van der Waals surface area (Å²) in [4.78, 5) is 4.82. The van der Waals surface area contributed by atoms with Gasteiger partial charge in [0.15, 0.2) is 0 Å². The predicted octanol–water partition coefficient (Wildman–Crippen LogP) is 0.997. The lowest BCUT2D eigenvalue weighted by Crippen LogP contribution is -2.52. The number of aromatic nitrogens is 2. The lowest BCUT2D eigenvalue weighted by atomic mass is 10.0. The van der Waals surface area contributed by atoms with Crippen LogP contribution in [-0.4, -0.2) is 65.4 Å². The van der Waals surface area contributed by atoms with E-state index >= 15 is 0 Å². The van der Waals surface area contributed by atoms with Crippen LogP contribution >= 0.6 is 15.9 Å². The molecule has 1 aliphatic rings. The van der Waals surface area contributed by atoms with Gasteiger partial charge in [-0.25, -0.2) is 0 Å². The molecule has 0 radical (unpaired) electrons. The quantitative estimate of drug-likeness (QED) is 0.885. The fraction of sp³-hybridized carbons (Fsp3) is 0.786. The lowest BCUT2D eigenvalue weighted by Gasteiger charge is -2.38. The number of rotatable bonds is 4. The van der Waals surface area contributed by atoms with Gasteiger partial charge in [0.25, 0.3) is 0 Å². The zero-order valence-electron chi connectivity index (χ0n) is 12.9. The average Bonchev–Trinajstić information content (AvgIpc) is 2.61. The van der Waals surface area contributed by atoms with E-state index in [1.807, 2.05) is 18.7 Å². The highest BCUT2D eigenvalue weighted by Crippen LogP contribution is 2.22. The molecule has 0 amide bonds. The Hall–Kier alpha value is -0.430. The van der Waals surface area contributed by atoms with Crippen LogP contribution in [0.2, 0.25) is 0 Å². The first-order valence-electron chi connectivity index (χ1n) is 7.20. The Morgan fingerprint density at radius 3 is 2.65 bits per heavy atom. The third-order valence-electron chi connectivity index (χ3n) is 4.27. The maximum atomic E-state index is 6.38. The minimum atomic E-state index is 0.167. The highest BCUT2D eigenvalue weighted by molar-refractivity contribution is 9.10. The molecule has 0 saturated carbocycles. The highest BCUT2D eigenvalue weighted by atomic mass is 79.9. The van der Waals surface area contributed by atoms with Crippen molar-refractivity contribution in [3.63, 3.8) is 0 Å². The molecule has 0 bridgehead atoms. The number of hydrogen-bond donors (Lipinski definition) is 1. The summed E-state index contributed by atoms with van der Waals surface area (Å²) in [5.74, 6) is 0. The molecule has 0 aromatic carbocycles. The Morgan fingerprint density at radius 1 is 1.35 bits per heavy atom. The number of nitrogens with zero attached hydrogens (tertiary/aromatic N) is 4. The number of halogens is 1. The summed E-state index contributed by atoms with van der Waals surface area (Å²) in [6.45, 7) is 5.40. The topological polar surface area (TPSA) is 50.3 Å². The minimum absolute atomic E-state index is 0.167. The van der Waals surface area contributed by atoms with E-state index in [-0.39, 0.29) is 6.04 Å². The molecule has 5 nitrogen and oxygen atoms in total. The Bertz CT molecular complexity index is 459. The van der Waals surface area contributed by atoms with Crippen molar-refractivity contribution in [3.05, 3.63) is 15.9 Å². The first kappa shape index (κ1) is 15.9. The fourth-order valence-corrected chi connectivity index (χ4v) is 3.44. The van der Waals surface area contributed by atoms with Gasteiger partial charge < -0.3 is 15.5 Å². The molecule has 114 valence electrons. The van der Waals surface area contributed by atoms with E-state index in [9.17, 15) is 0 Å². The Balaban J connectivity index is 1.96. The maximum absolute atomic E-state index is 6.38. The normalized spacial score (nSPS) is 23.2. The van der Waals surface area contributed by atoms with E-state index < -0.39 is 0 Å². The number of likely N-dealkylation sites (N-methyl/N-ethyl adjacent to an activating group) is 2. The second-order valence-corrected chi connectivity index (χ2v) is 6.86. The molecule has 0 aliphatic carbocycles. The molecule has 0 spiro atoms. The Labute approximate surface area is 130 Å². The van der Waals surface area contributed by atoms with Gasteiger partial charge in [0, 0.05) is 45.2 Å². The minimum Gasteiger partial charge on any atom is -0.327 e. The van der Waals surface area contributed by atoms with Crippen LogP contribution in [-0.2, 0) is 13.5 Å². The molecule has 2 rings (SSSR count). The van der Waals surface area contributed by atoms with Crippen molar-refractivity contribution in [1.82, 2.24) is 19.6 Å². The van der Waals surface area contributed by atoms with Gasteiger partial charge in [0.05, 0.1) is 15.9 Å². The smallest absolute Gasteiger partial charge is 0.0738 e. The van der Waals surface area contributed by atoms with Gasteiger partial charge in [-0.3, -0.25) is 4.68 Å². The summed E-state index contributed by atoms with van der Waals surface area (Å²) in [7, 11) is 6.38. The van der Waals surface area contributed by atoms with E-state index in [4.69, 9.17) is 5.73 Å². The van der Waals surface area contributed by atoms with E-state index in [0.29, 0.717) is 6.04 Å². The highest BCUT2D eigenvalue weighted by Gasteiger charge is 2.25. The maximum Gasteiger partial charge on any atom is 0.0738 e. The first-order valence-corrected chi connectivity index (χ1v) is 8.00. The van der Waals surface area contributed by atoms with E-state index in [2.05, 4.69) is 44.9 Å². The van der Waals surface area contributed by atoms with Crippen LogP contribution in [0.25, 0.3) is 0 Å². The molecule has 1 aromatic heterocycles. The van der Waals surface area contributed by atoms with Crippen molar-refractivity contribution in [3.8, 4) is 0 Å². The summed E-state index contributed by atoms with van der Waals surface area (Å²) in [6.07, 6.45) is 1.89. The number of nitrogens with two attached hydrogens (primary N) is 1. The van der Waals surface area contributed by atoms with Crippen LogP contribution in [0.5, 0.6) is 0 Å². The van der Waals surface area contributed by atoms with E-state index in [1.165, 1.54) is 5.69 Å². The molecule has 20 heavy (non-hydrogen) atoms. The van der Waals surface area contributed by atoms with Gasteiger partial charge in [-0.2, -0.15) is 5.10 Å². The van der Waals surface area contributed by atoms with Crippen molar-refractivity contribution < 1.29 is 0 Å². The van der Waals surface area contributed by atoms with Gasteiger partial charge >= 0.3 is 0 Å². The number of aryl methyl sites for hydroxylation is 2. The summed E-state index contributed by atoms with van der Waals surface area (Å²) in [5.41, 5.74) is 8.61. The SMILES string of the molecule is Cc1nn(C)c(CC(N)CC2CN(C)CCN2C)c1Br. The molecule has 1 aliphatic heterocycles. The molecule has 1 saturated heterocycles. The summed E-state index contributed by atoms with van der Waals surface area (Å²) >= 11 is 3.62. The van der Waals surface area contributed by atoms with Crippen LogP contribution in [0.1, 0.15) is 17.8 Å². The summed E-state index contributed by atoms with van der Waals surface area (Å²) in [6, 6.07) is 0.719. The molecule has 2 N–H and O–H groups in total. The third kappa shape index (κ3) is 3.61. The standard InChI is InChI=1S/C14H26BrN5/c1-10-14(15)13(20(4)17-10)8-11(16)7-12-9-18(2)5-6-19(12)3/h11-12H,5-9,16H2,1-4H3. The second kappa shape index (κ2) is 6.56. The van der Waals surface area contributed by atoms with Crippen LogP contribution < -0.4 is 5.73 Å². The molecule has 1 aromatic rings. The van der Waals surface area contributed by atoms with Gasteiger partial charge in [-0.1, -0.05) is 0 Å². The zero-order valence-corrected chi connectivity index (χ0v) is 14.5. The zero-order chi connectivity index (χ0) is 14.9. The van der Waals surface area contributed by atoms with Crippen molar-refractivity contribution in [2.45, 2.75) is 31.8 Å². The molecule has 2 unspecified atom stereocenters. The summed E-state index contributed by atoms with van der Waals surface area (Å²) in [5, 5.41) is 4.43. The van der Waals surface area contributed by atoms with Crippen molar-refractivity contribution in [1.29, 1.82) is 0 Å².